The molecule has 0 bridgehead atoms. The van der Waals surface area contributed by atoms with E-state index in [2.05, 4.69) is 27.7 Å². The zero-order chi connectivity index (χ0) is 16.8. The maximum Gasteiger partial charge on any atom is 0.0592 e. The number of aliphatic hydroxyl groups is 2. The SMILES string of the molecule is CC(C1CCC2C(O)CCCC21C)C(C)(C)CCC(C)(C)O. The van der Waals surface area contributed by atoms with Gasteiger partial charge in [-0.2, -0.15) is 0 Å². The van der Waals surface area contributed by atoms with Gasteiger partial charge in [0.2, 0.25) is 0 Å². The van der Waals surface area contributed by atoms with Crippen molar-refractivity contribution in [2.75, 3.05) is 0 Å². The first-order valence-electron chi connectivity index (χ1n) is 9.38. The quantitative estimate of drug-likeness (QED) is 0.767. The fourth-order valence-corrected chi connectivity index (χ4v) is 5.41. The summed E-state index contributed by atoms with van der Waals surface area (Å²) in [6, 6.07) is 0. The Balaban J connectivity index is 2.10. The van der Waals surface area contributed by atoms with Gasteiger partial charge in [0, 0.05) is 0 Å². The lowest BCUT2D eigenvalue weighted by Crippen LogP contribution is -2.44. The molecular weight excluding hydrogens is 272 g/mol. The van der Waals surface area contributed by atoms with Crippen molar-refractivity contribution < 1.29 is 10.2 Å². The van der Waals surface area contributed by atoms with E-state index in [0.29, 0.717) is 23.2 Å². The lowest BCUT2D eigenvalue weighted by Gasteiger charge is -2.48. The van der Waals surface area contributed by atoms with Gasteiger partial charge in [0.1, 0.15) is 0 Å². The Morgan fingerprint density at radius 3 is 2.32 bits per heavy atom. The molecule has 130 valence electrons. The molecule has 2 heteroatoms. The lowest BCUT2D eigenvalue weighted by molar-refractivity contribution is -0.0450. The first-order valence-corrected chi connectivity index (χ1v) is 9.38. The molecule has 0 heterocycles. The van der Waals surface area contributed by atoms with E-state index >= 15 is 0 Å². The maximum atomic E-state index is 10.4. The standard InChI is InChI=1S/C20H38O2/c1-14(18(2,3)12-13-19(4,5)22)15-9-10-16-17(21)8-7-11-20(15,16)6/h14-17,21-22H,7-13H2,1-6H3. The highest BCUT2D eigenvalue weighted by Gasteiger charge is 2.54. The minimum Gasteiger partial charge on any atom is -0.393 e. The second-order valence-electron chi connectivity index (χ2n) is 9.85. The molecule has 0 aromatic heterocycles. The molecule has 0 amide bonds. The summed E-state index contributed by atoms with van der Waals surface area (Å²) in [5.74, 6) is 1.86. The topological polar surface area (TPSA) is 40.5 Å². The van der Waals surface area contributed by atoms with E-state index in [9.17, 15) is 10.2 Å². The Kier molecular flexibility index (Phi) is 5.06. The molecule has 0 radical (unpaired) electrons. The van der Waals surface area contributed by atoms with Gasteiger partial charge >= 0.3 is 0 Å². The van der Waals surface area contributed by atoms with Crippen molar-refractivity contribution in [2.24, 2.45) is 28.6 Å². The van der Waals surface area contributed by atoms with Crippen molar-refractivity contribution in [3.05, 3.63) is 0 Å². The predicted molar refractivity (Wildman–Crippen MR) is 92.7 cm³/mol. The Labute approximate surface area is 137 Å². The fourth-order valence-electron chi connectivity index (χ4n) is 5.41. The maximum absolute atomic E-state index is 10.4. The van der Waals surface area contributed by atoms with E-state index in [1.165, 1.54) is 25.7 Å². The van der Waals surface area contributed by atoms with Crippen LogP contribution in [-0.2, 0) is 0 Å². The van der Waals surface area contributed by atoms with Gasteiger partial charge in [-0.15, -0.1) is 0 Å². The zero-order valence-electron chi connectivity index (χ0n) is 15.7. The van der Waals surface area contributed by atoms with Crippen LogP contribution in [0, 0.1) is 28.6 Å². The minimum atomic E-state index is -0.569. The lowest BCUT2D eigenvalue weighted by atomic mass is 9.57. The van der Waals surface area contributed by atoms with Crippen LogP contribution in [0.25, 0.3) is 0 Å². The Morgan fingerprint density at radius 2 is 1.73 bits per heavy atom. The third kappa shape index (κ3) is 3.53. The van der Waals surface area contributed by atoms with Gasteiger partial charge in [-0.3, -0.25) is 0 Å². The van der Waals surface area contributed by atoms with Crippen LogP contribution < -0.4 is 0 Å². The van der Waals surface area contributed by atoms with E-state index in [1.807, 2.05) is 13.8 Å². The van der Waals surface area contributed by atoms with Gasteiger partial charge in [-0.05, 0) is 81.0 Å². The summed E-state index contributed by atoms with van der Waals surface area (Å²) in [6.45, 7) is 13.4. The first-order chi connectivity index (χ1) is 9.97. The van der Waals surface area contributed by atoms with Gasteiger partial charge in [0.15, 0.2) is 0 Å². The van der Waals surface area contributed by atoms with Gasteiger partial charge in [0.25, 0.3) is 0 Å². The minimum absolute atomic E-state index is 0.0737. The predicted octanol–water partition coefficient (Wildman–Crippen LogP) is 4.78. The summed E-state index contributed by atoms with van der Waals surface area (Å²) < 4.78 is 0. The number of aliphatic hydroxyl groups excluding tert-OH is 1. The third-order valence-corrected chi connectivity index (χ3v) is 7.38. The first kappa shape index (κ1) is 18.3. The van der Waals surface area contributed by atoms with Crippen molar-refractivity contribution in [2.45, 2.75) is 98.2 Å². The molecular formula is C20H38O2. The van der Waals surface area contributed by atoms with E-state index < -0.39 is 5.60 Å². The number of fused-ring (bicyclic) bond motifs is 1. The molecule has 2 aliphatic rings. The van der Waals surface area contributed by atoms with Crippen molar-refractivity contribution in [3.8, 4) is 0 Å². The summed E-state index contributed by atoms with van der Waals surface area (Å²) in [5.41, 5.74) is -0.00577. The van der Waals surface area contributed by atoms with Crippen LogP contribution in [0.3, 0.4) is 0 Å². The molecule has 5 atom stereocenters. The molecule has 2 nitrogen and oxygen atoms in total. The second kappa shape index (κ2) is 6.09. The smallest absolute Gasteiger partial charge is 0.0592 e. The van der Waals surface area contributed by atoms with Crippen LogP contribution in [0.15, 0.2) is 0 Å². The fraction of sp³-hybridized carbons (Fsp3) is 1.00. The molecule has 0 saturated heterocycles. The van der Waals surface area contributed by atoms with Crippen LogP contribution in [0.2, 0.25) is 0 Å². The molecule has 0 aromatic carbocycles. The van der Waals surface area contributed by atoms with Crippen molar-refractivity contribution in [1.29, 1.82) is 0 Å². The van der Waals surface area contributed by atoms with Crippen LogP contribution in [0.5, 0.6) is 0 Å². The van der Waals surface area contributed by atoms with E-state index in [-0.39, 0.29) is 11.5 Å². The molecule has 0 aliphatic heterocycles. The average molecular weight is 311 g/mol. The van der Waals surface area contributed by atoms with Gasteiger partial charge < -0.3 is 10.2 Å². The molecule has 22 heavy (non-hydrogen) atoms. The molecule has 2 saturated carbocycles. The van der Waals surface area contributed by atoms with Crippen LogP contribution >= 0.6 is 0 Å². The van der Waals surface area contributed by atoms with Crippen LogP contribution in [0.4, 0.5) is 0 Å². The van der Waals surface area contributed by atoms with E-state index in [1.54, 1.807) is 0 Å². The molecule has 0 aromatic rings. The number of hydrogen-bond acceptors (Lipinski definition) is 2. The van der Waals surface area contributed by atoms with Gasteiger partial charge in [-0.1, -0.05) is 34.1 Å². The third-order valence-electron chi connectivity index (χ3n) is 7.38. The second-order valence-corrected chi connectivity index (χ2v) is 9.85. The van der Waals surface area contributed by atoms with Crippen molar-refractivity contribution in [1.82, 2.24) is 0 Å². The van der Waals surface area contributed by atoms with Crippen molar-refractivity contribution >= 4 is 0 Å². The molecule has 0 spiro atoms. The van der Waals surface area contributed by atoms with Gasteiger partial charge in [-0.25, -0.2) is 0 Å². The molecule has 2 fully saturated rings. The highest BCUT2D eigenvalue weighted by molar-refractivity contribution is 5.03. The molecule has 2 N–H and O–H groups in total. The highest BCUT2D eigenvalue weighted by atomic mass is 16.3. The summed E-state index contributed by atoms with van der Waals surface area (Å²) in [4.78, 5) is 0. The summed E-state index contributed by atoms with van der Waals surface area (Å²) >= 11 is 0. The summed E-state index contributed by atoms with van der Waals surface area (Å²) in [6.07, 6.45) is 7.79. The van der Waals surface area contributed by atoms with Crippen molar-refractivity contribution in [3.63, 3.8) is 0 Å². The summed E-state index contributed by atoms with van der Waals surface area (Å²) in [5, 5.41) is 20.5. The molecule has 5 unspecified atom stereocenters. The molecule has 2 rings (SSSR count). The Morgan fingerprint density at radius 1 is 1.09 bits per heavy atom. The van der Waals surface area contributed by atoms with Crippen LogP contribution in [-0.4, -0.2) is 21.9 Å². The Bertz CT molecular complexity index is 382. The zero-order valence-corrected chi connectivity index (χ0v) is 15.7. The monoisotopic (exact) mass is 310 g/mol. The summed E-state index contributed by atoms with van der Waals surface area (Å²) in [7, 11) is 0. The van der Waals surface area contributed by atoms with Crippen LogP contribution in [0.1, 0.15) is 86.5 Å². The normalized spacial score (nSPS) is 37.9. The van der Waals surface area contributed by atoms with E-state index in [4.69, 9.17) is 0 Å². The van der Waals surface area contributed by atoms with Gasteiger partial charge in [0.05, 0.1) is 11.7 Å². The Hall–Kier alpha value is -0.0800. The highest BCUT2D eigenvalue weighted by Crippen LogP contribution is 2.60. The van der Waals surface area contributed by atoms with E-state index in [0.717, 1.165) is 19.3 Å². The number of rotatable bonds is 5. The molecule has 2 aliphatic carbocycles. The average Bonchev–Trinajstić information content (AvgIpc) is 2.73. The largest absolute Gasteiger partial charge is 0.393 e. The number of hydrogen-bond donors (Lipinski definition) is 2.